The monoisotopic (exact) mass is 339 g/mol. The summed E-state index contributed by atoms with van der Waals surface area (Å²) in [5.74, 6) is -1.06. The number of nitrogens with zero attached hydrogens (tertiary/aromatic N) is 1. The summed E-state index contributed by atoms with van der Waals surface area (Å²) in [5.41, 5.74) is 4.75. The maximum Gasteiger partial charge on any atom is 0.533 e. The summed E-state index contributed by atoms with van der Waals surface area (Å²) in [6.45, 7) is 0.124. The number of allylic oxidation sites excluding steroid dienone is 3. The minimum atomic E-state index is -1.03. The number of amides is 2. The molecule has 25 heavy (non-hydrogen) atoms. The molecular weight excluding hydrogens is 322 g/mol. The molecule has 4 rings (SSSR count). The van der Waals surface area contributed by atoms with E-state index in [2.05, 4.69) is 18.2 Å². The molecule has 3 aliphatic rings. The third-order valence-electron chi connectivity index (χ3n) is 4.80. The molecule has 1 unspecified atom stereocenters. The van der Waals surface area contributed by atoms with Crippen LogP contribution in [0, 0.1) is 0 Å². The summed E-state index contributed by atoms with van der Waals surface area (Å²) < 4.78 is 5.22. The van der Waals surface area contributed by atoms with Gasteiger partial charge in [0, 0.05) is 18.8 Å². The van der Waals surface area contributed by atoms with Crippen LogP contribution in [0.5, 0.6) is 0 Å². The number of hydrogen-bond donors (Lipinski definition) is 0. The highest BCUT2D eigenvalue weighted by Gasteiger charge is 2.35. The van der Waals surface area contributed by atoms with E-state index in [4.69, 9.17) is 9.57 Å². The molecule has 6 nitrogen and oxygen atoms in total. The lowest BCUT2D eigenvalue weighted by Crippen LogP contribution is -2.32. The van der Waals surface area contributed by atoms with Crippen molar-refractivity contribution in [1.29, 1.82) is 0 Å². The Morgan fingerprint density at radius 3 is 2.68 bits per heavy atom. The van der Waals surface area contributed by atoms with Crippen molar-refractivity contribution in [2.45, 2.75) is 31.6 Å². The van der Waals surface area contributed by atoms with E-state index in [1.54, 1.807) is 0 Å². The van der Waals surface area contributed by atoms with E-state index in [1.165, 1.54) is 16.7 Å². The van der Waals surface area contributed by atoms with Gasteiger partial charge in [0.1, 0.15) is 6.61 Å². The molecule has 0 saturated carbocycles. The Balaban J connectivity index is 1.46. The molecule has 0 bridgehead atoms. The Morgan fingerprint density at radius 2 is 1.88 bits per heavy atom. The van der Waals surface area contributed by atoms with Crippen LogP contribution in [0.3, 0.4) is 0 Å². The zero-order valence-corrected chi connectivity index (χ0v) is 13.6. The standard InChI is InChI=1S/C19H17NO5/c21-17-9-10-18(22)20(17)25-19(23)24-11-16-14-7-3-1-5-12(14)13-6-2-4-8-15(13)16/h1-3,5-7,16H,4,8-11H2. The number of hydrogen-bond acceptors (Lipinski definition) is 5. The summed E-state index contributed by atoms with van der Waals surface area (Å²) >= 11 is 0. The fourth-order valence-corrected chi connectivity index (χ4v) is 3.64. The van der Waals surface area contributed by atoms with Crippen molar-refractivity contribution >= 4 is 23.5 Å². The molecule has 1 aromatic carbocycles. The second kappa shape index (κ2) is 6.20. The number of carbonyl (C=O) groups is 3. The van der Waals surface area contributed by atoms with Gasteiger partial charge in [-0.1, -0.05) is 47.1 Å². The first-order valence-electron chi connectivity index (χ1n) is 8.34. The highest BCUT2D eigenvalue weighted by Crippen LogP contribution is 2.46. The predicted molar refractivity (Wildman–Crippen MR) is 88.0 cm³/mol. The van der Waals surface area contributed by atoms with E-state index < -0.39 is 18.0 Å². The Bertz CT molecular complexity index is 807. The van der Waals surface area contributed by atoms with Gasteiger partial charge in [-0.2, -0.15) is 0 Å². The van der Waals surface area contributed by atoms with Crippen LogP contribution < -0.4 is 0 Å². The number of hydroxylamine groups is 2. The summed E-state index contributed by atoms with van der Waals surface area (Å²) in [6, 6.07) is 8.07. The molecule has 1 atom stereocenters. The van der Waals surface area contributed by atoms with Gasteiger partial charge in [-0.25, -0.2) is 4.79 Å². The summed E-state index contributed by atoms with van der Waals surface area (Å²) in [6.07, 6.45) is 5.25. The Hall–Kier alpha value is -2.89. The summed E-state index contributed by atoms with van der Waals surface area (Å²) in [5, 5.41) is 0.499. The van der Waals surface area contributed by atoms with Crippen LogP contribution in [0.2, 0.25) is 0 Å². The van der Waals surface area contributed by atoms with Crippen LogP contribution in [0.1, 0.15) is 42.7 Å². The smallest absolute Gasteiger partial charge is 0.432 e. The quantitative estimate of drug-likeness (QED) is 0.625. The second-order valence-electron chi connectivity index (χ2n) is 6.25. The lowest BCUT2D eigenvalue weighted by molar-refractivity contribution is -0.177. The van der Waals surface area contributed by atoms with Crippen molar-refractivity contribution in [3.63, 3.8) is 0 Å². The molecule has 2 aliphatic carbocycles. The van der Waals surface area contributed by atoms with Gasteiger partial charge in [0.15, 0.2) is 0 Å². The highest BCUT2D eigenvalue weighted by molar-refractivity contribution is 6.01. The number of carbonyl (C=O) groups excluding carboxylic acids is 3. The Morgan fingerprint density at radius 1 is 1.12 bits per heavy atom. The molecule has 0 N–H and O–H groups in total. The molecule has 1 saturated heterocycles. The zero-order chi connectivity index (χ0) is 17.4. The number of imide groups is 1. The van der Waals surface area contributed by atoms with Crippen LogP contribution in [-0.4, -0.2) is 29.6 Å². The van der Waals surface area contributed by atoms with Gasteiger partial charge in [-0.15, -0.1) is 0 Å². The van der Waals surface area contributed by atoms with Crippen molar-refractivity contribution in [3.05, 3.63) is 53.1 Å². The van der Waals surface area contributed by atoms with Crippen LogP contribution in [-0.2, 0) is 19.2 Å². The van der Waals surface area contributed by atoms with Gasteiger partial charge in [0.25, 0.3) is 11.8 Å². The maximum absolute atomic E-state index is 11.9. The third kappa shape index (κ3) is 2.73. The zero-order valence-electron chi connectivity index (χ0n) is 13.6. The lowest BCUT2D eigenvalue weighted by Gasteiger charge is -2.18. The van der Waals surface area contributed by atoms with Gasteiger partial charge in [0.2, 0.25) is 0 Å². The number of benzene rings is 1. The van der Waals surface area contributed by atoms with Gasteiger partial charge in [-0.3, -0.25) is 14.4 Å². The summed E-state index contributed by atoms with van der Waals surface area (Å²) in [4.78, 5) is 39.6. The van der Waals surface area contributed by atoms with Gasteiger partial charge >= 0.3 is 6.16 Å². The van der Waals surface area contributed by atoms with Gasteiger partial charge in [-0.05, 0) is 29.5 Å². The first kappa shape index (κ1) is 15.6. The van der Waals surface area contributed by atoms with Crippen LogP contribution in [0.25, 0.3) is 5.57 Å². The van der Waals surface area contributed by atoms with Crippen LogP contribution >= 0.6 is 0 Å². The minimum Gasteiger partial charge on any atom is -0.432 e. The molecule has 6 heteroatoms. The van der Waals surface area contributed by atoms with Crippen LogP contribution in [0.15, 0.2) is 42.0 Å². The molecule has 2 amide bonds. The normalized spacial score (nSPS) is 21.4. The molecule has 1 aliphatic heterocycles. The topological polar surface area (TPSA) is 72.9 Å². The van der Waals surface area contributed by atoms with E-state index in [0.29, 0.717) is 5.06 Å². The fourth-order valence-electron chi connectivity index (χ4n) is 3.64. The lowest BCUT2D eigenvalue weighted by atomic mass is 9.91. The van der Waals surface area contributed by atoms with Crippen LogP contribution in [0.4, 0.5) is 4.79 Å². The van der Waals surface area contributed by atoms with Crippen molar-refractivity contribution in [2.75, 3.05) is 6.61 Å². The first-order chi connectivity index (χ1) is 12.1. The number of rotatable bonds is 3. The molecule has 0 radical (unpaired) electrons. The van der Waals surface area contributed by atoms with Crippen molar-refractivity contribution in [3.8, 4) is 0 Å². The SMILES string of the molecule is O=C(OCC1C2=C(C=CCC2)c2ccccc21)ON1C(=O)CCC1=O. The van der Waals surface area contributed by atoms with E-state index in [0.717, 1.165) is 18.4 Å². The molecule has 0 spiro atoms. The van der Waals surface area contributed by atoms with E-state index in [-0.39, 0.29) is 25.4 Å². The molecular formula is C19H17NO5. The average Bonchev–Trinajstić information content (AvgIpc) is 3.12. The molecule has 1 fully saturated rings. The van der Waals surface area contributed by atoms with Crippen molar-refractivity contribution < 1.29 is 24.0 Å². The minimum absolute atomic E-state index is 0.0197. The third-order valence-corrected chi connectivity index (χ3v) is 4.80. The van der Waals surface area contributed by atoms with Gasteiger partial charge in [0.05, 0.1) is 0 Å². The summed E-state index contributed by atoms with van der Waals surface area (Å²) in [7, 11) is 0. The first-order valence-corrected chi connectivity index (χ1v) is 8.34. The van der Waals surface area contributed by atoms with Gasteiger partial charge < -0.3 is 4.74 Å². The Labute approximate surface area is 144 Å². The van der Waals surface area contributed by atoms with Crippen molar-refractivity contribution in [2.24, 2.45) is 0 Å². The predicted octanol–water partition coefficient (Wildman–Crippen LogP) is 3.10. The maximum atomic E-state index is 11.9. The van der Waals surface area contributed by atoms with E-state index in [9.17, 15) is 14.4 Å². The van der Waals surface area contributed by atoms with Crippen molar-refractivity contribution in [1.82, 2.24) is 5.06 Å². The molecule has 0 aromatic heterocycles. The molecule has 128 valence electrons. The second-order valence-corrected chi connectivity index (χ2v) is 6.25. The molecule has 1 heterocycles. The fraction of sp³-hybridized carbons (Fsp3) is 0.316. The number of ether oxygens (including phenoxy) is 1. The number of fused-ring (bicyclic) bond motifs is 2. The Kier molecular flexibility index (Phi) is 3.87. The van der Waals surface area contributed by atoms with E-state index in [1.807, 2.05) is 18.2 Å². The average molecular weight is 339 g/mol. The largest absolute Gasteiger partial charge is 0.533 e. The highest BCUT2D eigenvalue weighted by atomic mass is 16.8. The van der Waals surface area contributed by atoms with E-state index >= 15 is 0 Å². The molecule has 1 aromatic rings.